The van der Waals surface area contributed by atoms with Gasteiger partial charge in [0, 0.05) is 32.7 Å². The molecule has 4 rings (SSSR count). The van der Waals surface area contributed by atoms with Crippen molar-refractivity contribution < 1.29 is 13.9 Å². The number of nitrogens with zero attached hydrogens (tertiary/aromatic N) is 4. The van der Waals surface area contributed by atoms with Crippen LogP contribution in [0.15, 0.2) is 41.3 Å². The summed E-state index contributed by atoms with van der Waals surface area (Å²) in [6, 6.07) is 7.76. The van der Waals surface area contributed by atoms with Gasteiger partial charge < -0.3 is 29.0 Å². The van der Waals surface area contributed by atoms with E-state index in [0.717, 1.165) is 48.1 Å². The van der Waals surface area contributed by atoms with Crippen LogP contribution in [0, 0.1) is 0 Å². The van der Waals surface area contributed by atoms with E-state index < -0.39 is 0 Å². The van der Waals surface area contributed by atoms with Crippen molar-refractivity contribution in [3.63, 3.8) is 0 Å². The van der Waals surface area contributed by atoms with Gasteiger partial charge in [-0.25, -0.2) is 9.97 Å². The average Bonchev–Trinajstić information content (AvgIpc) is 3.26. The minimum absolute atomic E-state index is 0.615. The second kappa shape index (κ2) is 8.52. The van der Waals surface area contributed by atoms with Crippen LogP contribution in [0.4, 0.5) is 5.82 Å². The van der Waals surface area contributed by atoms with E-state index >= 15 is 0 Å². The Balaban J connectivity index is 1.33. The molecule has 1 fully saturated rings. The molecule has 152 valence electrons. The summed E-state index contributed by atoms with van der Waals surface area (Å²) in [4.78, 5) is 13.0. The minimum Gasteiger partial charge on any atom is -0.493 e. The maximum absolute atomic E-state index is 5.60. The second-order valence-electron chi connectivity index (χ2n) is 6.66. The molecule has 0 spiro atoms. The molecule has 1 saturated heterocycles. The molecule has 1 N–H and O–H groups in total. The monoisotopic (exact) mass is 413 g/mol. The molecule has 0 radical (unpaired) electrons. The van der Waals surface area contributed by atoms with Crippen LogP contribution in [0.5, 0.6) is 11.5 Å². The predicted molar refractivity (Wildman–Crippen MR) is 115 cm³/mol. The number of furan rings is 1. The Hall–Kier alpha value is -3.07. The quantitative estimate of drug-likeness (QED) is 0.635. The van der Waals surface area contributed by atoms with E-state index in [4.69, 9.17) is 26.1 Å². The molecule has 0 saturated carbocycles. The van der Waals surface area contributed by atoms with Crippen molar-refractivity contribution in [1.29, 1.82) is 0 Å². The number of hydrogen-bond donors (Lipinski definition) is 1. The van der Waals surface area contributed by atoms with Gasteiger partial charge in [-0.3, -0.25) is 0 Å². The van der Waals surface area contributed by atoms with Gasteiger partial charge in [0.2, 0.25) is 5.71 Å². The van der Waals surface area contributed by atoms with Gasteiger partial charge in [-0.05, 0) is 36.0 Å². The summed E-state index contributed by atoms with van der Waals surface area (Å²) in [6.07, 6.45) is 3.19. The molecule has 0 bridgehead atoms. The van der Waals surface area contributed by atoms with E-state index in [1.54, 1.807) is 26.8 Å². The Morgan fingerprint density at radius 1 is 1.10 bits per heavy atom. The molecule has 0 amide bonds. The number of thiocarbonyl (C=S) groups is 1. The summed E-state index contributed by atoms with van der Waals surface area (Å²) in [5, 5.41) is 5.03. The number of nitrogens with one attached hydrogen (secondary N) is 1. The number of methoxy groups -OCH3 is 2. The maximum atomic E-state index is 5.60. The summed E-state index contributed by atoms with van der Waals surface area (Å²) < 4.78 is 16.0. The Morgan fingerprint density at radius 3 is 2.66 bits per heavy atom. The highest BCUT2D eigenvalue weighted by Gasteiger charge is 2.22. The zero-order valence-corrected chi connectivity index (χ0v) is 17.2. The average molecular weight is 414 g/mol. The number of rotatable bonds is 5. The topological polar surface area (TPSA) is 75.9 Å². The molecule has 29 heavy (non-hydrogen) atoms. The fraction of sp³-hybridized carbons (Fsp3) is 0.350. The standard InChI is InChI=1S/C20H23N5O3S/c1-26-16-4-3-14(11-17(16)27-2)12-21-20(29)25-8-6-24(7-9-25)18-15-5-10-28-19(15)23-13-22-18/h3-5,10-11,13H,6-9,12H2,1-2H3,(H,21,29). The summed E-state index contributed by atoms with van der Waals surface area (Å²) in [5.74, 6) is 2.33. The first-order valence-electron chi connectivity index (χ1n) is 9.36. The first-order chi connectivity index (χ1) is 14.2. The van der Waals surface area contributed by atoms with E-state index in [1.807, 2.05) is 24.3 Å². The number of hydrogen-bond acceptors (Lipinski definition) is 7. The van der Waals surface area contributed by atoms with Crippen LogP contribution < -0.4 is 19.7 Å². The number of fused-ring (bicyclic) bond motifs is 1. The summed E-state index contributed by atoms with van der Waals surface area (Å²) in [7, 11) is 3.26. The van der Waals surface area contributed by atoms with Crippen LogP contribution in [0.2, 0.25) is 0 Å². The van der Waals surface area contributed by atoms with Gasteiger partial charge in [0.1, 0.15) is 12.1 Å². The SMILES string of the molecule is COc1ccc(CNC(=S)N2CCN(c3ncnc4occc34)CC2)cc1OC. The number of aromatic nitrogens is 2. The van der Waals surface area contributed by atoms with Gasteiger partial charge in [0.05, 0.1) is 25.9 Å². The third-order valence-corrected chi connectivity index (χ3v) is 5.40. The largest absolute Gasteiger partial charge is 0.493 e. The van der Waals surface area contributed by atoms with Gasteiger partial charge in [-0.15, -0.1) is 0 Å². The van der Waals surface area contributed by atoms with Crippen molar-refractivity contribution in [3.8, 4) is 11.5 Å². The number of piperazine rings is 1. The van der Waals surface area contributed by atoms with Crippen LogP contribution in [0.1, 0.15) is 5.56 Å². The van der Waals surface area contributed by atoms with Crippen molar-refractivity contribution in [1.82, 2.24) is 20.2 Å². The van der Waals surface area contributed by atoms with Crippen LogP contribution >= 0.6 is 12.2 Å². The van der Waals surface area contributed by atoms with Gasteiger partial charge in [-0.2, -0.15) is 0 Å². The van der Waals surface area contributed by atoms with Gasteiger partial charge in [0.15, 0.2) is 16.6 Å². The molecule has 0 aliphatic carbocycles. The van der Waals surface area contributed by atoms with Crippen molar-refractivity contribution in [3.05, 3.63) is 42.4 Å². The summed E-state index contributed by atoms with van der Waals surface area (Å²) >= 11 is 5.60. The Morgan fingerprint density at radius 2 is 1.90 bits per heavy atom. The molecule has 1 aliphatic heterocycles. The lowest BCUT2D eigenvalue weighted by molar-refractivity contribution is 0.354. The highest BCUT2D eigenvalue weighted by atomic mass is 32.1. The van der Waals surface area contributed by atoms with Crippen molar-refractivity contribution in [2.45, 2.75) is 6.54 Å². The zero-order valence-electron chi connectivity index (χ0n) is 16.4. The summed E-state index contributed by atoms with van der Waals surface area (Å²) in [6.45, 7) is 3.92. The van der Waals surface area contributed by atoms with E-state index in [-0.39, 0.29) is 0 Å². The Bertz CT molecular complexity index is 1000. The van der Waals surface area contributed by atoms with Gasteiger partial charge in [0.25, 0.3) is 0 Å². The molecule has 9 heteroatoms. The van der Waals surface area contributed by atoms with Crippen LogP contribution in [0.3, 0.4) is 0 Å². The third kappa shape index (κ3) is 4.04. The van der Waals surface area contributed by atoms with E-state index in [9.17, 15) is 0 Å². The molecule has 3 heterocycles. The smallest absolute Gasteiger partial charge is 0.231 e. The lowest BCUT2D eigenvalue weighted by Crippen LogP contribution is -2.51. The Kier molecular flexibility index (Phi) is 5.66. The first kappa shape index (κ1) is 19.3. The van der Waals surface area contributed by atoms with Crippen molar-refractivity contribution in [2.75, 3.05) is 45.3 Å². The van der Waals surface area contributed by atoms with Crippen molar-refractivity contribution in [2.24, 2.45) is 0 Å². The van der Waals surface area contributed by atoms with Crippen molar-refractivity contribution >= 4 is 34.2 Å². The number of ether oxygens (including phenoxy) is 2. The van der Waals surface area contributed by atoms with Crippen LogP contribution in [0.25, 0.3) is 11.1 Å². The van der Waals surface area contributed by atoms with Crippen LogP contribution in [-0.4, -0.2) is 60.4 Å². The fourth-order valence-electron chi connectivity index (χ4n) is 3.43. The molecule has 1 aromatic carbocycles. The highest BCUT2D eigenvalue weighted by Crippen LogP contribution is 2.27. The second-order valence-corrected chi connectivity index (χ2v) is 7.05. The molecule has 1 aliphatic rings. The molecule has 0 unspecified atom stereocenters. The van der Waals surface area contributed by atoms with Crippen LogP contribution in [-0.2, 0) is 6.54 Å². The maximum Gasteiger partial charge on any atom is 0.231 e. The number of benzene rings is 1. The highest BCUT2D eigenvalue weighted by molar-refractivity contribution is 7.80. The molecule has 8 nitrogen and oxygen atoms in total. The normalized spacial score (nSPS) is 14.1. The Labute approximate surface area is 174 Å². The molecular formula is C20H23N5O3S. The van der Waals surface area contributed by atoms with Gasteiger partial charge in [-0.1, -0.05) is 6.07 Å². The lowest BCUT2D eigenvalue weighted by Gasteiger charge is -2.36. The zero-order chi connectivity index (χ0) is 20.2. The summed E-state index contributed by atoms with van der Waals surface area (Å²) in [5.41, 5.74) is 1.69. The molecular weight excluding hydrogens is 390 g/mol. The first-order valence-corrected chi connectivity index (χ1v) is 9.77. The van der Waals surface area contributed by atoms with E-state index in [0.29, 0.717) is 23.8 Å². The lowest BCUT2D eigenvalue weighted by atomic mass is 10.2. The van der Waals surface area contributed by atoms with E-state index in [2.05, 4.69) is 25.1 Å². The molecule has 3 aromatic rings. The minimum atomic E-state index is 0.615. The van der Waals surface area contributed by atoms with Gasteiger partial charge >= 0.3 is 0 Å². The predicted octanol–water partition coefficient (Wildman–Crippen LogP) is 2.44. The molecule has 2 aromatic heterocycles. The third-order valence-electron chi connectivity index (χ3n) is 5.00. The fourth-order valence-corrected chi connectivity index (χ4v) is 3.69. The van der Waals surface area contributed by atoms with E-state index in [1.165, 1.54) is 0 Å². The number of anilines is 1. The molecule has 0 atom stereocenters.